The molecule has 2 N–H and O–H groups in total. The minimum absolute atomic E-state index is 0.00196. The third-order valence-electron chi connectivity index (χ3n) is 4.89. The van der Waals surface area contributed by atoms with Crippen LogP contribution in [0.2, 0.25) is 0 Å². The second-order valence-corrected chi connectivity index (χ2v) is 6.80. The maximum absolute atomic E-state index is 13.0. The summed E-state index contributed by atoms with van der Waals surface area (Å²) >= 11 is 0. The Balaban J connectivity index is 1.47. The summed E-state index contributed by atoms with van der Waals surface area (Å²) in [5, 5.41) is 4.10. The van der Waals surface area contributed by atoms with Crippen molar-refractivity contribution in [3.63, 3.8) is 0 Å². The number of hydrogen-bond acceptors (Lipinski definition) is 2. The molecule has 1 aromatic heterocycles. The molecule has 0 aliphatic carbocycles. The van der Waals surface area contributed by atoms with Gasteiger partial charge in [0.05, 0.1) is 0 Å². The fourth-order valence-corrected chi connectivity index (χ4v) is 3.42. The monoisotopic (exact) mass is 388 g/mol. The Kier molecular flexibility index (Phi) is 5.56. The fraction of sp³-hybridized carbons (Fsp3) is 0.125. The molecule has 0 fully saturated rings. The van der Waals surface area contributed by atoms with E-state index >= 15 is 0 Å². The van der Waals surface area contributed by atoms with Gasteiger partial charge in [0.1, 0.15) is 11.6 Å². The first-order valence-corrected chi connectivity index (χ1v) is 9.47. The van der Waals surface area contributed by atoms with Crippen LogP contribution >= 0.6 is 0 Å². The van der Waals surface area contributed by atoms with E-state index in [4.69, 9.17) is 4.74 Å². The van der Waals surface area contributed by atoms with E-state index in [9.17, 15) is 9.18 Å². The molecular formula is C24H21FN2O2. The number of halogens is 1. The first kappa shape index (κ1) is 18.7. The van der Waals surface area contributed by atoms with Gasteiger partial charge in [0, 0.05) is 29.6 Å². The molecule has 5 heteroatoms. The minimum Gasteiger partial charge on any atom is -0.484 e. The summed E-state index contributed by atoms with van der Waals surface area (Å²) in [6.45, 7) is 0.318. The molecule has 0 saturated carbocycles. The third-order valence-corrected chi connectivity index (χ3v) is 4.89. The van der Waals surface area contributed by atoms with E-state index in [-0.39, 0.29) is 24.2 Å². The molecular weight excluding hydrogens is 367 g/mol. The highest BCUT2D eigenvalue weighted by molar-refractivity contribution is 5.84. The van der Waals surface area contributed by atoms with E-state index in [1.807, 2.05) is 42.6 Å². The van der Waals surface area contributed by atoms with Crippen molar-refractivity contribution in [2.24, 2.45) is 0 Å². The highest BCUT2D eigenvalue weighted by Gasteiger charge is 2.19. The summed E-state index contributed by atoms with van der Waals surface area (Å²) in [7, 11) is 0. The molecule has 1 amide bonds. The molecule has 0 unspecified atom stereocenters. The molecule has 4 nitrogen and oxygen atoms in total. The van der Waals surface area contributed by atoms with E-state index < -0.39 is 0 Å². The van der Waals surface area contributed by atoms with Crippen LogP contribution in [0.5, 0.6) is 5.75 Å². The number of rotatable bonds is 7. The van der Waals surface area contributed by atoms with E-state index in [2.05, 4.69) is 28.5 Å². The molecule has 4 rings (SSSR count). The highest BCUT2D eigenvalue weighted by Crippen LogP contribution is 2.30. The zero-order valence-corrected chi connectivity index (χ0v) is 15.8. The third kappa shape index (κ3) is 4.46. The smallest absolute Gasteiger partial charge is 0.257 e. The summed E-state index contributed by atoms with van der Waals surface area (Å²) in [5.41, 5.74) is 3.32. The Hall–Kier alpha value is -3.60. The summed E-state index contributed by atoms with van der Waals surface area (Å²) < 4.78 is 18.4. The van der Waals surface area contributed by atoms with Crippen LogP contribution in [0.3, 0.4) is 0 Å². The number of ether oxygens (including phenoxy) is 1. The number of nitrogens with one attached hydrogen (secondary N) is 2. The Morgan fingerprint density at radius 1 is 0.966 bits per heavy atom. The van der Waals surface area contributed by atoms with Crippen molar-refractivity contribution in [3.05, 3.63) is 102 Å². The van der Waals surface area contributed by atoms with Crippen LogP contribution in [0.15, 0.2) is 85.1 Å². The van der Waals surface area contributed by atoms with E-state index in [0.717, 1.165) is 22.0 Å². The van der Waals surface area contributed by atoms with Gasteiger partial charge in [-0.2, -0.15) is 0 Å². The molecule has 3 aromatic carbocycles. The van der Waals surface area contributed by atoms with Gasteiger partial charge in [0.15, 0.2) is 6.61 Å². The lowest BCUT2D eigenvalue weighted by atomic mass is 9.91. The number of fused-ring (bicyclic) bond motifs is 1. The number of carbonyl (C=O) groups is 1. The van der Waals surface area contributed by atoms with Crippen LogP contribution in [0, 0.1) is 5.82 Å². The normalized spacial score (nSPS) is 11.9. The number of amides is 1. The summed E-state index contributed by atoms with van der Waals surface area (Å²) in [5.74, 6) is -0.110. The van der Waals surface area contributed by atoms with Gasteiger partial charge in [0.25, 0.3) is 5.91 Å². The van der Waals surface area contributed by atoms with E-state index in [1.54, 1.807) is 0 Å². The van der Waals surface area contributed by atoms with Gasteiger partial charge in [-0.25, -0.2) is 4.39 Å². The lowest BCUT2D eigenvalue weighted by molar-refractivity contribution is -0.123. The van der Waals surface area contributed by atoms with Crippen molar-refractivity contribution >= 4 is 16.8 Å². The standard InChI is InChI=1S/C24H21FN2O2/c25-18-10-12-19(13-11-18)29-16-24(28)27-14-21(17-6-2-1-3-7-17)22-15-26-23-9-5-4-8-20(22)23/h1-13,15,21,26H,14,16H2,(H,27,28)/t21-/m1/s1. The molecule has 0 saturated heterocycles. The SMILES string of the molecule is O=C(COc1ccc(F)cc1)NC[C@H](c1ccccc1)c1c[nH]c2ccccc12. The largest absolute Gasteiger partial charge is 0.484 e. The molecule has 0 aliphatic heterocycles. The number of aromatic nitrogens is 1. The fourth-order valence-electron chi connectivity index (χ4n) is 3.42. The van der Waals surface area contributed by atoms with Crippen molar-refractivity contribution in [3.8, 4) is 5.75 Å². The zero-order chi connectivity index (χ0) is 20.1. The summed E-state index contributed by atoms with van der Waals surface area (Å²) in [6.07, 6.45) is 2.00. The van der Waals surface area contributed by atoms with Gasteiger partial charge in [0.2, 0.25) is 0 Å². The number of hydrogen-bond donors (Lipinski definition) is 2. The van der Waals surface area contributed by atoms with Gasteiger partial charge in [-0.3, -0.25) is 4.79 Å². The van der Waals surface area contributed by atoms with Gasteiger partial charge in [-0.15, -0.1) is 0 Å². The predicted molar refractivity (Wildman–Crippen MR) is 111 cm³/mol. The van der Waals surface area contributed by atoms with E-state index in [1.165, 1.54) is 24.3 Å². The number of para-hydroxylation sites is 1. The molecule has 146 valence electrons. The van der Waals surface area contributed by atoms with Gasteiger partial charge in [-0.05, 0) is 41.5 Å². The molecule has 0 radical (unpaired) electrons. The molecule has 1 atom stereocenters. The Morgan fingerprint density at radius 3 is 2.48 bits per heavy atom. The average Bonchev–Trinajstić information content (AvgIpc) is 3.18. The van der Waals surface area contributed by atoms with Crippen molar-refractivity contribution in [2.75, 3.05) is 13.2 Å². The topological polar surface area (TPSA) is 54.1 Å². The lowest BCUT2D eigenvalue weighted by Gasteiger charge is -2.18. The van der Waals surface area contributed by atoms with Crippen molar-refractivity contribution in [1.29, 1.82) is 0 Å². The predicted octanol–water partition coefficient (Wildman–Crippen LogP) is 4.63. The molecule has 1 heterocycles. The van der Waals surface area contributed by atoms with Crippen molar-refractivity contribution in [1.82, 2.24) is 10.3 Å². The first-order valence-electron chi connectivity index (χ1n) is 9.47. The van der Waals surface area contributed by atoms with E-state index in [0.29, 0.717) is 12.3 Å². The highest BCUT2D eigenvalue weighted by atomic mass is 19.1. The van der Waals surface area contributed by atoms with Gasteiger partial charge in [-0.1, -0.05) is 48.5 Å². The Labute approximate surface area is 168 Å². The number of aromatic amines is 1. The Bertz CT molecular complexity index is 1090. The van der Waals surface area contributed by atoms with Gasteiger partial charge < -0.3 is 15.0 Å². The number of H-pyrrole nitrogens is 1. The summed E-state index contributed by atoms with van der Waals surface area (Å²) in [6, 6.07) is 23.8. The maximum atomic E-state index is 13.0. The minimum atomic E-state index is -0.341. The maximum Gasteiger partial charge on any atom is 0.257 e. The summed E-state index contributed by atoms with van der Waals surface area (Å²) in [4.78, 5) is 15.6. The molecule has 4 aromatic rings. The van der Waals surface area contributed by atoms with Crippen LogP contribution in [-0.4, -0.2) is 24.0 Å². The van der Waals surface area contributed by atoms with Crippen LogP contribution in [0.4, 0.5) is 4.39 Å². The molecule has 29 heavy (non-hydrogen) atoms. The zero-order valence-electron chi connectivity index (χ0n) is 15.8. The molecule has 0 aliphatic rings. The second kappa shape index (κ2) is 8.61. The van der Waals surface area contributed by atoms with Crippen LogP contribution in [0.25, 0.3) is 10.9 Å². The van der Waals surface area contributed by atoms with Crippen LogP contribution in [-0.2, 0) is 4.79 Å². The second-order valence-electron chi connectivity index (χ2n) is 6.80. The van der Waals surface area contributed by atoms with Gasteiger partial charge >= 0.3 is 0 Å². The number of benzene rings is 3. The molecule has 0 spiro atoms. The van der Waals surface area contributed by atoms with Crippen molar-refractivity contribution in [2.45, 2.75) is 5.92 Å². The molecule has 0 bridgehead atoms. The van der Waals surface area contributed by atoms with Crippen LogP contribution in [0.1, 0.15) is 17.0 Å². The Morgan fingerprint density at radius 2 is 1.69 bits per heavy atom. The lowest BCUT2D eigenvalue weighted by Crippen LogP contribution is -2.32. The first-order chi connectivity index (χ1) is 14.2. The number of carbonyl (C=O) groups excluding carboxylic acids is 1. The van der Waals surface area contributed by atoms with Crippen molar-refractivity contribution < 1.29 is 13.9 Å². The average molecular weight is 388 g/mol. The quantitative estimate of drug-likeness (QED) is 0.485. The van der Waals surface area contributed by atoms with Crippen LogP contribution < -0.4 is 10.1 Å².